The number of carboxylic acid groups (broad SMARTS) is 2. The highest BCUT2D eigenvalue weighted by Crippen LogP contribution is 2.43. The van der Waals surface area contributed by atoms with Crippen LogP contribution in [-0.2, 0) is 16.0 Å². The zero-order valence-corrected chi connectivity index (χ0v) is 18.0. The molecular weight excluding hydrogens is 419 g/mol. The van der Waals surface area contributed by atoms with Crippen LogP contribution < -0.4 is 0 Å². The van der Waals surface area contributed by atoms with Crippen molar-refractivity contribution in [1.82, 2.24) is 9.80 Å². The first kappa shape index (κ1) is 23.0. The van der Waals surface area contributed by atoms with E-state index in [-0.39, 0.29) is 11.9 Å². The quantitative estimate of drug-likeness (QED) is 0.701. The maximum atomic E-state index is 13.9. The van der Waals surface area contributed by atoms with Crippen LogP contribution in [0.4, 0.5) is 4.39 Å². The molecule has 1 unspecified atom stereocenters. The highest BCUT2D eigenvalue weighted by molar-refractivity contribution is 7.99. The minimum Gasteiger partial charge on any atom is -0.478 e. The number of piperazine rings is 1. The molecule has 0 aliphatic carbocycles. The highest BCUT2D eigenvalue weighted by atomic mass is 32.2. The third kappa shape index (κ3) is 6.40. The molecule has 0 bridgehead atoms. The van der Waals surface area contributed by atoms with Gasteiger partial charge in [-0.05, 0) is 48.9 Å². The Morgan fingerprint density at radius 2 is 1.65 bits per heavy atom. The Hall–Kier alpha value is -2.68. The molecule has 0 saturated carbocycles. The van der Waals surface area contributed by atoms with E-state index in [4.69, 9.17) is 10.2 Å². The first-order valence-corrected chi connectivity index (χ1v) is 10.8. The summed E-state index contributed by atoms with van der Waals surface area (Å²) in [7, 11) is 2.17. The van der Waals surface area contributed by atoms with E-state index in [0.29, 0.717) is 12.2 Å². The van der Waals surface area contributed by atoms with Crippen LogP contribution in [0.2, 0.25) is 0 Å². The van der Waals surface area contributed by atoms with Gasteiger partial charge in [-0.15, -0.1) is 0 Å². The summed E-state index contributed by atoms with van der Waals surface area (Å²) in [5.41, 5.74) is 2.52. The fraction of sp³-hybridized carbons (Fsp3) is 0.304. The van der Waals surface area contributed by atoms with Crippen molar-refractivity contribution in [3.8, 4) is 0 Å². The Morgan fingerprint density at radius 3 is 2.29 bits per heavy atom. The Bertz CT molecular complexity index is 958. The van der Waals surface area contributed by atoms with Crippen LogP contribution in [0, 0.1) is 5.82 Å². The van der Waals surface area contributed by atoms with Crippen molar-refractivity contribution in [2.75, 3.05) is 33.2 Å². The summed E-state index contributed by atoms with van der Waals surface area (Å²) in [6.07, 6.45) is 2.08. The number of hydrogen-bond acceptors (Lipinski definition) is 5. The number of fused-ring (bicyclic) bond motifs is 2. The third-order valence-electron chi connectivity index (χ3n) is 5.28. The third-order valence-corrected chi connectivity index (χ3v) is 6.49. The van der Waals surface area contributed by atoms with Gasteiger partial charge in [-0.2, -0.15) is 0 Å². The minimum atomic E-state index is -1.26. The number of likely N-dealkylation sites (N-methyl/N-ethyl adjacent to an activating group) is 1. The standard InChI is InChI=1S/C19H21FN2S.C4H4O4/c1-21-8-10-22(11-9-21)17-12-14-4-2-3-5-18(14)23-19-7-6-15(20)13-16(17)19;5-3(6)1-2-4(7)8/h2-7,13,17H,8-12H2,1H3;1-2H,(H,5,6)(H,7,8)/b;2-1-. The van der Waals surface area contributed by atoms with Gasteiger partial charge in [0.15, 0.2) is 0 Å². The predicted molar refractivity (Wildman–Crippen MR) is 117 cm³/mol. The van der Waals surface area contributed by atoms with Crippen LogP contribution in [0.15, 0.2) is 64.4 Å². The molecular formula is C23H25FN2O4S. The van der Waals surface area contributed by atoms with E-state index >= 15 is 0 Å². The maximum absolute atomic E-state index is 13.9. The van der Waals surface area contributed by atoms with Gasteiger partial charge >= 0.3 is 11.9 Å². The van der Waals surface area contributed by atoms with Gasteiger partial charge in [0.25, 0.3) is 0 Å². The van der Waals surface area contributed by atoms with Crippen molar-refractivity contribution >= 4 is 23.7 Å². The molecule has 0 amide bonds. The fourth-order valence-electron chi connectivity index (χ4n) is 3.68. The van der Waals surface area contributed by atoms with Gasteiger partial charge in [0.2, 0.25) is 0 Å². The smallest absolute Gasteiger partial charge is 0.328 e. The van der Waals surface area contributed by atoms with Crippen molar-refractivity contribution in [1.29, 1.82) is 0 Å². The molecule has 2 heterocycles. The summed E-state index contributed by atoms with van der Waals surface area (Å²) in [6.45, 7) is 4.25. The average molecular weight is 445 g/mol. The number of benzene rings is 2. The van der Waals surface area contributed by atoms with Crippen LogP contribution in [0.3, 0.4) is 0 Å². The normalized spacial score (nSPS) is 19.0. The van der Waals surface area contributed by atoms with Crippen LogP contribution in [-0.4, -0.2) is 65.2 Å². The number of carboxylic acids is 2. The molecule has 31 heavy (non-hydrogen) atoms. The molecule has 0 radical (unpaired) electrons. The molecule has 8 heteroatoms. The van der Waals surface area contributed by atoms with Crippen molar-refractivity contribution in [3.63, 3.8) is 0 Å². The number of halogens is 1. The van der Waals surface area contributed by atoms with E-state index in [9.17, 15) is 14.0 Å². The molecule has 2 aromatic rings. The second-order valence-corrected chi connectivity index (χ2v) is 8.54. The van der Waals surface area contributed by atoms with Crippen molar-refractivity contribution in [2.45, 2.75) is 22.3 Å². The van der Waals surface area contributed by atoms with E-state index in [1.165, 1.54) is 15.4 Å². The summed E-state index contributed by atoms with van der Waals surface area (Å²) in [5.74, 6) is -2.64. The number of hydrogen-bond donors (Lipinski definition) is 2. The van der Waals surface area contributed by atoms with Gasteiger partial charge in [-0.3, -0.25) is 4.90 Å². The largest absolute Gasteiger partial charge is 0.478 e. The topological polar surface area (TPSA) is 81.1 Å². The summed E-state index contributed by atoms with van der Waals surface area (Å²) in [6, 6.07) is 14.1. The Morgan fingerprint density at radius 1 is 1.00 bits per heavy atom. The minimum absolute atomic E-state index is 0.130. The van der Waals surface area contributed by atoms with Crippen LogP contribution in [0.5, 0.6) is 0 Å². The first-order chi connectivity index (χ1) is 14.8. The number of rotatable bonds is 3. The Balaban J connectivity index is 0.000000293. The van der Waals surface area contributed by atoms with Gasteiger partial charge in [0.1, 0.15) is 5.82 Å². The SMILES string of the molecule is CN1CCN(C2Cc3ccccc3Sc3ccc(F)cc32)CC1.O=C(O)/C=C\C(=O)O. The molecule has 1 saturated heterocycles. The predicted octanol–water partition coefficient (Wildman–Crippen LogP) is 3.53. The lowest BCUT2D eigenvalue weighted by molar-refractivity contribution is -0.134. The highest BCUT2D eigenvalue weighted by Gasteiger charge is 2.29. The van der Waals surface area contributed by atoms with E-state index in [0.717, 1.165) is 38.2 Å². The van der Waals surface area contributed by atoms with Gasteiger partial charge in [0.05, 0.1) is 0 Å². The summed E-state index contributed by atoms with van der Waals surface area (Å²) < 4.78 is 13.9. The fourth-order valence-corrected chi connectivity index (χ4v) is 4.80. The molecule has 4 rings (SSSR count). The van der Waals surface area contributed by atoms with Gasteiger partial charge in [-0.25, -0.2) is 14.0 Å². The number of nitrogens with zero attached hydrogens (tertiary/aromatic N) is 2. The zero-order chi connectivity index (χ0) is 22.4. The number of carbonyl (C=O) groups is 2. The lowest BCUT2D eigenvalue weighted by Crippen LogP contribution is -2.46. The monoisotopic (exact) mass is 444 g/mol. The zero-order valence-electron chi connectivity index (χ0n) is 17.2. The van der Waals surface area contributed by atoms with E-state index in [1.54, 1.807) is 23.9 Å². The van der Waals surface area contributed by atoms with E-state index < -0.39 is 11.9 Å². The molecule has 1 fully saturated rings. The average Bonchev–Trinajstić information content (AvgIpc) is 2.90. The molecule has 2 aliphatic heterocycles. The molecule has 0 spiro atoms. The maximum Gasteiger partial charge on any atom is 0.328 e. The van der Waals surface area contributed by atoms with Gasteiger partial charge in [-0.1, -0.05) is 30.0 Å². The number of aliphatic carboxylic acids is 2. The van der Waals surface area contributed by atoms with Crippen molar-refractivity contribution < 1.29 is 24.2 Å². The molecule has 2 N–H and O–H groups in total. The lowest BCUT2D eigenvalue weighted by atomic mass is 9.96. The Labute approximate surface area is 185 Å². The second kappa shape index (κ2) is 10.6. The summed E-state index contributed by atoms with van der Waals surface area (Å²) in [4.78, 5) is 26.5. The molecule has 6 nitrogen and oxygen atoms in total. The first-order valence-electron chi connectivity index (χ1n) is 9.95. The molecule has 1 atom stereocenters. The molecule has 2 aliphatic rings. The van der Waals surface area contributed by atoms with Crippen molar-refractivity contribution in [2.24, 2.45) is 0 Å². The van der Waals surface area contributed by atoms with Gasteiger partial charge < -0.3 is 15.1 Å². The van der Waals surface area contributed by atoms with E-state index in [1.807, 2.05) is 6.07 Å². The lowest BCUT2D eigenvalue weighted by Gasteiger charge is -2.38. The molecule has 0 aromatic heterocycles. The van der Waals surface area contributed by atoms with Crippen LogP contribution in [0.25, 0.3) is 0 Å². The van der Waals surface area contributed by atoms with E-state index in [2.05, 4.69) is 41.1 Å². The van der Waals surface area contributed by atoms with Gasteiger partial charge in [0, 0.05) is 54.2 Å². The van der Waals surface area contributed by atoms with Crippen LogP contribution in [0.1, 0.15) is 17.2 Å². The summed E-state index contributed by atoms with van der Waals surface area (Å²) in [5, 5.41) is 15.6. The second-order valence-electron chi connectivity index (χ2n) is 7.46. The summed E-state index contributed by atoms with van der Waals surface area (Å²) >= 11 is 1.78. The molecule has 2 aromatic carbocycles. The Kier molecular flexibility index (Phi) is 7.84. The molecule has 164 valence electrons. The van der Waals surface area contributed by atoms with Crippen molar-refractivity contribution in [3.05, 3.63) is 71.6 Å². The van der Waals surface area contributed by atoms with Crippen LogP contribution >= 0.6 is 11.8 Å².